The average molecular weight is 284 g/mol. The number of ether oxygens (including phenoxy) is 1. The lowest BCUT2D eigenvalue weighted by Crippen LogP contribution is -2.58. The van der Waals surface area contributed by atoms with Crippen LogP contribution in [-0.4, -0.2) is 41.1 Å². The summed E-state index contributed by atoms with van der Waals surface area (Å²) < 4.78 is 5.59. The van der Waals surface area contributed by atoms with Crippen molar-refractivity contribution in [2.75, 3.05) is 13.2 Å². The van der Waals surface area contributed by atoms with E-state index in [0.29, 0.717) is 18.1 Å². The average Bonchev–Trinajstić information content (AvgIpc) is 2.41. The number of hydrogen-bond acceptors (Lipinski definition) is 3. The first-order valence-corrected chi connectivity index (χ1v) is 7.61. The largest absolute Gasteiger partial charge is 0.392 e. The molecule has 0 spiro atoms. The third-order valence-electron chi connectivity index (χ3n) is 4.46. The first-order chi connectivity index (χ1) is 8.97. The molecule has 2 aliphatic rings. The third kappa shape index (κ3) is 2.77. The Hall–Kier alpha value is -0.680. The number of thiocarbonyl (C=S) groups is 1. The maximum absolute atomic E-state index is 13.0. The molecule has 4 nitrogen and oxygen atoms in total. The Morgan fingerprint density at radius 1 is 1.32 bits per heavy atom. The van der Waals surface area contributed by atoms with Crippen molar-refractivity contribution in [3.8, 4) is 0 Å². The van der Waals surface area contributed by atoms with Crippen LogP contribution in [0.15, 0.2) is 0 Å². The van der Waals surface area contributed by atoms with Gasteiger partial charge in [0, 0.05) is 6.54 Å². The van der Waals surface area contributed by atoms with Crippen LogP contribution in [0.1, 0.15) is 46.0 Å². The van der Waals surface area contributed by atoms with Gasteiger partial charge in [-0.3, -0.25) is 4.79 Å². The standard InChI is InChI=1S/C14H24N2O2S/c1-10-9-18-11(2)8-16(10)13(17)14(12(15)19)6-4-3-5-7-14/h10-11H,3-9H2,1-2H3,(H2,15,19). The van der Waals surface area contributed by atoms with Gasteiger partial charge in [0.1, 0.15) is 0 Å². The molecule has 5 heteroatoms. The zero-order valence-electron chi connectivity index (χ0n) is 11.9. The monoisotopic (exact) mass is 284 g/mol. The van der Waals surface area contributed by atoms with Crippen LogP contribution in [0, 0.1) is 5.41 Å². The number of morpholine rings is 1. The van der Waals surface area contributed by atoms with E-state index in [0.717, 1.165) is 25.7 Å². The van der Waals surface area contributed by atoms with E-state index in [2.05, 4.69) is 0 Å². The van der Waals surface area contributed by atoms with Gasteiger partial charge in [-0.25, -0.2) is 0 Å². The molecule has 0 aromatic carbocycles. The Morgan fingerprint density at radius 2 is 1.95 bits per heavy atom. The Labute approximate surface area is 120 Å². The topological polar surface area (TPSA) is 55.6 Å². The summed E-state index contributed by atoms with van der Waals surface area (Å²) in [7, 11) is 0. The summed E-state index contributed by atoms with van der Waals surface area (Å²) in [6.45, 7) is 5.27. The van der Waals surface area contributed by atoms with Gasteiger partial charge >= 0.3 is 0 Å². The number of carbonyl (C=O) groups is 1. The van der Waals surface area contributed by atoms with Crippen LogP contribution < -0.4 is 5.73 Å². The van der Waals surface area contributed by atoms with Crippen molar-refractivity contribution in [1.82, 2.24) is 4.90 Å². The molecular formula is C14H24N2O2S. The molecule has 1 aliphatic heterocycles. The maximum Gasteiger partial charge on any atom is 0.236 e. The number of nitrogens with zero attached hydrogens (tertiary/aromatic N) is 1. The van der Waals surface area contributed by atoms with E-state index in [9.17, 15) is 4.79 Å². The zero-order valence-corrected chi connectivity index (χ0v) is 12.7. The van der Waals surface area contributed by atoms with Crippen LogP contribution in [0.2, 0.25) is 0 Å². The highest BCUT2D eigenvalue weighted by Gasteiger charge is 2.46. The van der Waals surface area contributed by atoms with E-state index >= 15 is 0 Å². The van der Waals surface area contributed by atoms with Crippen molar-refractivity contribution in [1.29, 1.82) is 0 Å². The van der Waals surface area contributed by atoms with Gasteiger partial charge in [-0.05, 0) is 26.7 Å². The van der Waals surface area contributed by atoms with Gasteiger partial charge in [-0.15, -0.1) is 0 Å². The quantitative estimate of drug-likeness (QED) is 0.786. The van der Waals surface area contributed by atoms with Gasteiger partial charge in [-0.1, -0.05) is 31.5 Å². The number of carbonyl (C=O) groups excluding carboxylic acids is 1. The van der Waals surface area contributed by atoms with Gasteiger partial charge in [0.15, 0.2) is 0 Å². The molecule has 1 amide bonds. The van der Waals surface area contributed by atoms with Gasteiger partial charge in [0.05, 0.1) is 29.2 Å². The lowest BCUT2D eigenvalue weighted by Gasteiger charge is -2.44. The molecule has 0 bridgehead atoms. The molecule has 2 N–H and O–H groups in total. The van der Waals surface area contributed by atoms with E-state index in [4.69, 9.17) is 22.7 Å². The van der Waals surface area contributed by atoms with E-state index in [1.54, 1.807) is 0 Å². The molecular weight excluding hydrogens is 260 g/mol. The highest BCUT2D eigenvalue weighted by Crippen LogP contribution is 2.39. The summed E-state index contributed by atoms with van der Waals surface area (Å²) >= 11 is 5.24. The summed E-state index contributed by atoms with van der Waals surface area (Å²) in [5, 5.41) is 0. The van der Waals surface area contributed by atoms with Crippen LogP contribution in [0.25, 0.3) is 0 Å². The number of amides is 1. The summed E-state index contributed by atoms with van der Waals surface area (Å²) in [6.07, 6.45) is 4.95. The second kappa shape index (κ2) is 5.75. The number of nitrogens with two attached hydrogens (primary N) is 1. The molecule has 1 aliphatic carbocycles. The lowest BCUT2D eigenvalue weighted by atomic mass is 9.72. The summed E-state index contributed by atoms with van der Waals surface area (Å²) in [5.74, 6) is 0.127. The SMILES string of the molecule is CC1CN(C(=O)C2(C(N)=S)CCCCC2)C(C)CO1. The molecule has 108 valence electrons. The van der Waals surface area contributed by atoms with E-state index in [1.165, 1.54) is 6.42 Å². The minimum absolute atomic E-state index is 0.0899. The van der Waals surface area contributed by atoms with Gasteiger partial charge in [-0.2, -0.15) is 0 Å². The predicted octanol–water partition coefficient (Wildman–Crippen LogP) is 1.86. The number of rotatable bonds is 2. The first-order valence-electron chi connectivity index (χ1n) is 7.20. The first kappa shape index (κ1) is 14.7. The van der Waals surface area contributed by atoms with Crippen molar-refractivity contribution in [2.24, 2.45) is 11.1 Å². The fourth-order valence-electron chi connectivity index (χ4n) is 3.18. The van der Waals surface area contributed by atoms with E-state index in [1.807, 2.05) is 18.7 Å². The maximum atomic E-state index is 13.0. The van der Waals surface area contributed by atoms with E-state index < -0.39 is 5.41 Å². The fourth-order valence-corrected chi connectivity index (χ4v) is 3.47. The molecule has 1 saturated carbocycles. The highest BCUT2D eigenvalue weighted by molar-refractivity contribution is 7.80. The predicted molar refractivity (Wildman–Crippen MR) is 78.9 cm³/mol. The molecule has 2 fully saturated rings. The second-order valence-electron chi connectivity index (χ2n) is 5.96. The summed E-state index contributed by atoms with van der Waals surface area (Å²) in [4.78, 5) is 15.3. The van der Waals surface area contributed by atoms with Crippen LogP contribution in [0.4, 0.5) is 0 Å². The van der Waals surface area contributed by atoms with Crippen LogP contribution in [0.5, 0.6) is 0 Å². The van der Waals surface area contributed by atoms with Crippen molar-refractivity contribution in [3.63, 3.8) is 0 Å². The lowest BCUT2D eigenvalue weighted by molar-refractivity contribution is -0.151. The van der Waals surface area contributed by atoms with Crippen LogP contribution >= 0.6 is 12.2 Å². The molecule has 1 saturated heterocycles. The Balaban J connectivity index is 2.21. The van der Waals surface area contributed by atoms with Crippen LogP contribution in [0.3, 0.4) is 0 Å². The highest BCUT2D eigenvalue weighted by atomic mass is 32.1. The Kier molecular flexibility index (Phi) is 4.46. The zero-order chi connectivity index (χ0) is 14.0. The molecule has 1 heterocycles. The van der Waals surface area contributed by atoms with E-state index in [-0.39, 0.29) is 18.1 Å². The Morgan fingerprint density at radius 3 is 2.53 bits per heavy atom. The minimum Gasteiger partial charge on any atom is -0.392 e. The third-order valence-corrected chi connectivity index (χ3v) is 4.85. The van der Waals surface area contributed by atoms with Crippen molar-refractivity contribution in [3.05, 3.63) is 0 Å². The van der Waals surface area contributed by atoms with Crippen LogP contribution in [-0.2, 0) is 9.53 Å². The summed E-state index contributed by atoms with van der Waals surface area (Å²) in [6, 6.07) is 0.108. The second-order valence-corrected chi connectivity index (χ2v) is 6.40. The van der Waals surface area contributed by atoms with Gasteiger partial charge in [0.2, 0.25) is 5.91 Å². The molecule has 0 aromatic heterocycles. The molecule has 2 unspecified atom stereocenters. The summed E-state index contributed by atoms with van der Waals surface area (Å²) in [5.41, 5.74) is 5.34. The fraction of sp³-hybridized carbons (Fsp3) is 0.857. The van der Waals surface area contributed by atoms with Gasteiger partial charge in [0.25, 0.3) is 0 Å². The van der Waals surface area contributed by atoms with Crippen molar-refractivity contribution < 1.29 is 9.53 Å². The van der Waals surface area contributed by atoms with Gasteiger partial charge < -0.3 is 15.4 Å². The molecule has 2 rings (SSSR count). The van der Waals surface area contributed by atoms with Crippen molar-refractivity contribution in [2.45, 2.75) is 58.1 Å². The smallest absolute Gasteiger partial charge is 0.236 e. The molecule has 19 heavy (non-hydrogen) atoms. The van der Waals surface area contributed by atoms with Crippen molar-refractivity contribution >= 4 is 23.1 Å². The molecule has 0 radical (unpaired) electrons. The minimum atomic E-state index is -0.598. The normalized spacial score (nSPS) is 30.9. The number of hydrogen-bond donors (Lipinski definition) is 1. The molecule has 0 aromatic rings. The Bertz CT molecular complexity index is 366. The molecule has 2 atom stereocenters.